The van der Waals surface area contributed by atoms with Crippen molar-refractivity contribution in [3.05, 3.63) is 35.4 Å². The molecule has 0 bridgehead atoms. The Bertz CT molecular complexity index is 732. The maximum Gasteiger partial charge on any atom is 0.410 e. The average molecular weight is 398 g/mol. The molecular weight excluding hydrogens is 370 g/mol. The summed E-state index contributed by atoms with van der Waals surface area (Å²) < 4.78 is 36.9. The third kappa shape index (κ3) is 5.56. The zero-order chi connectivity index (χ0) is 21.3. The predicted molar refractivity (Wildman–Crippen MR) is 100 cm³/mol. The molecule has 1 N–H and O–H groups in total. The molecule has 1 aromatic rings. The normalized spacial score (nSPS) is 16.4. The van der Waals surface area contributed by atoms with Crippen LogP contribution in [0.3, 0.4) is 0 Å². The predicted octanol–water partition coefficient (Wildman–Crippen LogP) is 4.59. The highest BCUT2D eigenvalue weighted by Crippen LogP contribution is 2.35. The van der Waals surface area contributed by atoms with Gasteiger partial charge in [0, 0.05) is 5.56 Å². The van der Waals surface area contributed by atoms with Crippen LogP contribution < -0.4 is 5.32 Å². The number of halogens is 2. The van der Waals surface area contributed by atoms with Crippen molar-refractivity contribution in [2.45, 2.75) is 64.7 Å². The van der Waals surface area contributed by atoms with Crippen LogP contribution in [-0.2, 0) is 15.0 Å². The second kappa shape index (κ2) is 7.56. The van der Waals surface area contributed by atoms with E-state index in [4.69, 9.17) is 9.47 Å². The topological polar surface area (TPSA) is 67.9 Å². The molecule has 0 aliphatic carbocycles. The minimum absolute atomic E-state index is 0.0911. The lowest BCUT2D eigenvalue weighted by atomic mass is 9.82. The van der Waals surface area contributed by atoms with Crippen molar-refractivity contribution in [2.75, 3.05) is 13.1 Å². The number of carbonyl (C=O) groups excluding carboxylic acids is 2. The number of nitrogens with one attached hydrogen (secondary N) is 1. The van der Waals surface area contributed by atoms with Gasteiger partial charge in [-0.05, 0) is 53.2 Å². The Hall–Kier alpha value is -2.38. The second-order valence-corrected chi connectivity index (χ2v) is 8.97. The van der Waals surface area contributed by atoms with Gasteiger partial charge in [0.15, 0.2) is 0 Å². The first-order valence-corrected chi connectivity index (χ1v) is 9.08. The quantitative estimate of drug-likeness (QED) is 0.808. The van der Waals surface area contributed by atoms with Crippen LogP contribution in [0.5, 0.6) is 0 Å². The molecule has 1 aromatic carbocycles. The summed E-state index contributed by atoms with van der Waals surface area (Å²) in [7, 11) is 0. The number of alkyl carbamates (subject to hydrolysis) is 1. The number of hydrogen-bond donors (Lipinski definition) is 1. The number of hydrogen-bond acceptors (Lipinski definition) is 4. The molecule has 6 nitrogen and oxygen atoms in total. The second-order valence-electron chi connectivity index (χ2n) is 8.97. The van der Waals surface area contributed by atoms with E-state index in [1.54, 1.807) is 47.6 Å². The molecule has 1 heterocycles. The molecule has 8 heteroatoms. The van der Waals surface area contributed by atoms with Gasteiger partial charge in [0.25, 0.3) is 6.43 Å². The number of carbonyl (C=O) groups is 2. The fraction of sp³-hybridized carbons (Fsp3) is 0.600. The van der Waals surface area contributed by atoms with Crippen molar-refractivity contribution in [2.24, 2.45) is 0 Å². The van der Waals surface area contributed by atoms with Crippen molar-refractivity contribution < 1.29 is 27.8 Å². The molecule has 1 saturated heterocycles. The number of ether oxygens (including phenoxy) is 2. The fourth-order valence-corrected chi connectivity index (χ4v) is 2.87. The summed E-state index contributed by atoms with van der Waals surface area (Å²) in [5, 5.41) is 2.76. The molecule has 1 aliphatic rings. The van der Waals surface area contributed by atoms with E-state index in [-0.39, 0.29) is 18.7 Å². The average Bonchev–Trinajstić information content (AvgIpc) is 2.46. The standard InChI is InChI=1S/C20H28F2N2O4/c1-18(2,3)27-16(25)23-20(14-9-7-8-13(10-14)15(21)22)11-24(12-20)17(26)28-19(4,5)6/h7-10,15H,11-12H2,1-6H3,(H,23,25). The van der Waals surface area contributed by atoms with Gasteiger partial charge in [-0.1, -0.05) is 18.2 Å². The SMILES string of the molecule is CC(C)(C)OC(=O)NC1(c2cccc(C(F)F)c2)CN(C(=O)OC(C)(C)C)C1. The summed E-state index contributed by atoms with van der Waals surface area (Å²) in [6, 6.07) is 5.81. The first-order valence-electron chi connectivity index (χ1n) is 9.08. The Morgan fingerprint density at radius 2 is 1.64 bits per heavy atom. The van der Waals surface area contributed by atoms with E-state index in [2.05, 4.69) is 5.32 Å². The molecule has 2 amide bonds. The fourth-order valence-electron chi connectivity index (χ4n) is 2.87. The van der Waals surface area contributed by atoms with Gasteiger partial charge in [-0.2, -0.15) is 0 Å². The number of benzene rings is 1. The van der Waals surface area contributed by atoms with Crippen molar-refractivity contribution in [3.63, 3.8) is 0 Å². The van der Waals surface area contributed by atoms with Gasteiger partial charge in [-0.15, -0.1) is 0 Å². The number of likely N-dealkylation sites (tertiary alicyclic amines) is 1. The van der Waals surface area contributed by atoms with Crippen molar-refractivity contribution in [3.8, 4) is 0 Å². The zero-order valence-corrected chi connectivity index (χ0v) is 17.1. The zero-order valence-electron chi connectivity index (χ0n) is 17.1. The molecule has 0 saturated carbocycles. The number of alkyl halides is 2. The Labute approximate surface area is 164 Å². The van der Waals surface area contributed by atoms with E-state index in [1.807, 2.05) is 0 Å². The van der Waals surface area contributed by atoms with Crippen LogP contribution >= 0.6 is 0 Å². The maximum atomic E-state index is 13.1. The highest BCUT2D eigenvalue weighted by atomic mass is 19.3. The summed E-state index contributed by atoms with van der Waals surface area (Å²) in [4.78, 5) is 26.1. The van der Waals surface area contributed by atoms with Crippen molar-refractivity contribution >= 4 is 12.2 Å². The van der Waals surface area contributed by atoms with Crippen LogP contribution in [0.4, 0.5) is 18.4 Å². The first kappa shape index (κ1) is 21.9. The van der Waals surface area contributed by atoms with E-state index in [1.165, 1.54) is 23.1 Å². The summed E-state index contributed by atoms with van der Waals surface area (Å²) >= 11 is 0. The molecule has 1 fully saturated rings. The molecule has 0 spiro atoms. The lowest BCUT2D eigenvalue weighted by Crippen LogP contribution is -2.69. The van der Waals surface area contributed by atoms with Crippen LogP contribution in [0.2, 0.25) is 0 Å². The van der Waals surface area contributed by atoms with Crippen LogP contribution in [0.25, 0.3) is 0 Å². The monoisotopic (exact) mass is 398 g/mol. The molecular formula is C20H28F2N2O4. The Balaban J connectivity index is 2.25. The number of amides is 2. The first-order chi connectivity index (χ1) is 12.7. The third-order valence-corrected chi connectivity index (χ3v) is 4.00. The van der Waals surface area contributed by atoms with Gasteiger partial charge in [-0.25, -0.2) is 18.4 Å². The number of rotatable bonds is 3. The maximum absolute atomic E-state index is 13.1. The van der Waals surface area contributed by atoms with Gasteiger partial charge < -0.3 is 19.7 Å². The molecule has 0 radical (unpaired) electrons. The van der Waals surface area contributed by atoms with Crippen LogP contribution in [0.1, 0.15) is 59.1 Å². The van der Waals surface area contributed by atoms with Gasteiger partial charge >= 0.3 is 12.2 Å². The van der Waals surface area contributed by atoms with Crippen LogP contribution in [0.15, 0.2) is 24.3 Å². The minimum atomic E-state index is -2.64. The molecule has 0 atom stereocenters. The van der Waals surface area contributed by atoms with Gasteiger partial charge in [0.2, 0.25) is 0 Å². The largest absolute Gasteiger partial charge is 0.444 e. The summed E-state index contributed by atoms with van der Waals surface area (Å²) in [5.41, 5.74) is -2.08. The minimum Gasteiger partial charge on any atom is -0.444 e. The van der Waals surface area contributed by atoms with E-state index < -0.39 is 35.4 Å². The highest BCUT2D eigenvalue weighted by Gasteiger charge is 2.49. The molecule has 0 unspecified atom stereocenters. The summed E-state index contributed by atoms with van der Waals surface area (Å²) in [6.07, 6.45) is -3.85. The molecule has 156 valence electrons. The van der Waals surface area contributed by atoms with E-state index >= 15 is 0 Å². The molecule has 1 aliphatic heterocycles. The van der Waals surface area contributed by atoms with Crippen molar-refractivity contribution in [1.82, 2.24) is 10.2 Å². The lowest BCUT2D eigenvalue weighted by Gasteiger charge is -2.50. The van der Waals surface area contributed by atoms with E-state index in [9.17, 15) is 18.4 Å². The van der Waals surface area contributed by atoms with Crippen LogP contribution in [0, 0.1) is 0 Å². The van der Waals surface area contributed by atoms with Gasteiger partial charge in [0.1, 0.15) is 16.7 Å². The van der Waals surface area contributed by atoms with Crippen LogP contribution in [-0.4, -0.2) is 41.4 Å². The van der Waals surface area contributed by atoms with E-state index in [0.717, 1.165) is 0 Å². The van der Waals surface area contributed by atoms with E-state index in [0.29, 0.717) is 5.56 Å². The smallest absolute Gasteiger partial charge is 0.410 e. The highest BCUT2D eigenvalue weighted by molar-refractivity contribution is 5.73. The summed E-state index contributed by atoms with van der Waals surface area (Å²) in [6.45, 7) is 10.6. The van der Waals surface area contributed by atoms with Gasteiger partial charge in [0.05, 0.1) is 13.1 Å². The molecule has 28 heavy (non-hydrogen) atoms. The molecule has 0 aromatic heterocycles. The number of nitrogens with zero attached hydrogens (tertiary/aromatic N) is 1. The Kier molecular flexibility index (Phi) is 5.92. The Morgan fingerprint density at radius 3 is 2.14 bits per heavy atom. The van der Waals surface area contributed by atoms with Gasteiger partial charge in [-0.3, -0.25) is 0 Å². The molecule has 2 rings (SSSR count). The lowest BCUT2D eigenvalue weighted by molar-refractivity contribution is -0.0230. The van der Waals surface area contributed by atoms with Crippen molar-refractivity contribution in [1.29, 1.82) is 0 Å². The summed E-state index contributed by atoms with van der Waals surface area (Å²) in [5.74, 6) is 0. The third-order valence-electron chi connectivity index (χ3n) is 4.00. The Morgan fingerprint density at radius 1 is 1.07 bits per heavy atom.